The first-order valence-corrected chi connectivity index (χ1v) is 6.59. The molecular weight excluding hydrogens is 258 g/mol. The van der Waals surface area contributed by atoms with Gasteiger partial charge in [0.15, 0.2) is 5.82 Å². The minimum absolute atomic E-state index is 0.0492. The van der Waals surface area contributed by atoms with Gasteiger partial charge in [-0.05, 0) is 18.4 Å². The maximum atomic E-state index is 11.6. The van der Waals surface area contributed by atoms with Gasteiger partial charge < -0.3 is 15.4 Å². The highest BCUT2D eigenvalue weighted by atomic mass is 16.3. The average Bonchev–Trinajstić information content (AvgIpc) is 2.90. The molecule has 2 heterocycles. The lowest BCUT2D eigenvalue weighted by Crippen LogP contribution is -2.36. The fourth-order valence-corrected chi connectivity index (χ4v) is 2.88. The van der Waals surface area contributed by atoms with Crippen molar-refractivity contribution in [2.24, 2.45) is 16.6 Å². The summed E-state index contributed by atoms with van der Waals surface area (Å²) in [6.45, 7) is 4.19. The first kappa shape index (κ1) is 12.9. The van der Waals surface area contributed by atoms with Crippen LogP contribution >= 0.6 is 0 Å². The summed E-state index contributed by atoms with van der Waals surface area (Å²) in [4.78, 5) is 20.1. The van der Waals surface area contributed by atoms with Crippen LogP contribution in [0.3, 0.4) is 0 Å². The van der Waals surface area contributed by atoms with Gasteiger partial charge >= 0.3 is 0 Å². The molecule has 1 aromatic heterocycles. The highest BCUT2D eigenvalue weighted by Gasteiger charge is 2.32. The van der Waals surface area contributed by atoms with Gasteiger partial charge in [0, 0.05) is 12.5 Å². The van der Waals surface area contributed by atoms with Crippen LogP contribution in [0.1, 0.15) is 24.6 Å². The van der Waals surface area contributed by atoms with E-state index in [1.54, 1.807) is 6.33 Å². The molecule has 2 atom stereocenters. The van der Waals surface area contributed by atoms with Crippen molar-refractivity contribution in [1.29, 1.82) is 0 Å². The second kappa shape index (κ2) is 4.75. The molecule has 0 aromatic carbocycles. The predicted octanol–water partition coefficient (Wildman–Crippen LogP) is 0.00120. The third-order valence-corrected chi connectivity index (χ3v) is 3.96. The average molecular weight is 275 g/mol. The van der Waals surface area contributed by atoms with Crippen molar-refractivity contribution in [2.45, 2.75) is 25.3 Å². The Morgan fingerprint density at radius 1 is 1.55 bits per heavy atom. The molecule has 0 radical (unpaired) electrons. The van der Waals surface area contributed by atoms with Crippen molar-refractivity contribution in [1.82, 2.24) is 14.9 Å². The van der Waals surface area contributed by atoms with Gasteiger partial charge in [-0.1, -0.05) is 6.58 Å². The lowest BCUT2D eigenvalue weighted by atomic mass is 10.0. The van der Waals surface area contributed by atoms with E-state index in [1.165, 1.54) is 0 Å². The fraction of sp³-hybridized carbons (Fsp3) is 0.462. The Morgan fingerprint density at radius 2 is 2.35 bits per heavy atom. The summed E-state index contributed by atoms with van der Waals surface area (Å²) >= 11 is 0. The van der Waals surface area contributed by atoms with Gasteiger partial charge in [0.1, 0.15) is 0 Å². The van der Waals surface area contributed by atoms with Gasteiger partial charge in [-0.2, -0.15) is 4.99 Å². The summed E-state index contributed by atoms with van der Waals surface area (Å²) < 4.78 is 1.90. The van der Waals surface area contributed by atoms with E-state index in [2.05, 4.69) is 21.9 Å². The van der Waals surface area contributed by atoms with Crippen molar-refractivity contribution in [3.63, 3.8) is 0 Å². The van der Waals surface area contributed by atoms with Gasteiger partial charge in [-0.25, -0.2) is 4.98 Å². The van der Waals surface area contributed by atoms with E-state index in [0.29, 0.717) is 11.5 Å². The molecule has 1 saturated carbocycles. The first-order chi connectivity index (χ1) is 9.60. The van der Waals surface area contributed by atoms with Crippen molar-refractivity contribution in [3.05, 3.63) is 24.2 Å². The number of aromatic nitrogens is 2. The molecule has 7 nitrogen and oxygen atoms in total. The number of hydrogen-bond acceptors (Lipinski definition) is 5. The normalized spacial score (nSPS) is 25.9. The topological polar surface area (TPSA) is 106 Å². The molecule has 3 rings (SSSR count). The van der Waals surface area contributed by atoms with Crippen LogP contribution in [0.5, 0.6) is 0 Å². The number of nitrogens with one attached hydrogen (secondary N) is 1. The highest BCUT2D eigenvalue weighted by Crippen LogP contribution is 2.41. The molecule has 0 saturated heterocycles. The van der Waals surface area contributed by atoms with Gasteiger partial charge in [0.05, 0.1) is 24.5 Å². The number of guanidine groups is 1. The Balaban J connectivity index is 1.99. The molecule has 4 N–H and O–H groups in total. The van der Waals surface area contributed by atoms with E-state index in [-0.39, 0.29) is 36.9 Å². The molecule has 7 heteroatoms. The predicted molar refractivity (Wildman–Crippen MR) is 73.3 cm³/mol. The number of hydrogen-bond donors (Lipinski definition) is 3. The Kier molecular flexibility index (Phi) is 3.06. The molecular formula is C13H17N5O2. The van der Waals surface area contributed by atoms with Crippen molar-refractivity contribution in [2.75, 3.05) is 6.61 Å². The zero-order chi connectivity index (χ0) is 14.3. The summed E-state index contributed by atoms with van der Waals surface area (Å²) in [5.74, 6) is 0.585. The van der Waals surface area contributed by atoms with Gasteiger partial charge in [0.2, 0.25) is 11.9 Å². The summed E-state index contributed by atoms with van der Waals surface area (Å²) in [5.41, 5.74) is 7.26. The summed E-state index contributed by atoms with van der Waals surface area (Å²) in [6.07, 6.45) is 3.61. The Bertz CT molecular complexity index is 604. The molecule has 1 aliphatic carbocycles. The fourth-order valence-electron chi connectivity index (χ4n) is 2.88. The van der Waals surface area contributed by atoms with Crippen molar-refractivity contribution in [3.8, 4) is 0 Å². The monoisotopic (exact) mass is 275 g/mol. The molecule has 0 unspecified atom stereocenters. The number of carbonyl (C=O) groups is 1. The number of fused-ring (bicyclic) bond motifs is 1. The van der Waals surface area contributed by atoms with Crippen LogP contribution in [-0.4, -0.2) is 33.1 Å². The molecule has 0 spiro atoms. The summed E-state index contributed by atoms with van der Waals surface area (Å²) in [7, 11) is 0. The Labute approximate surface area is 116 Å². The van der Waals surface area contributed by atoms with Crippen molar-refractivity contribution >= 4 is 17.7 Å². The third kappa shape index (κ3) is 2.00. The van der Waals surface area contributed by atoms with Crippen molar-refractivity contribution < 1.29 is 9.90 Å². The zero-order valence-corrected chi connectivity index (χ0v) is 11.0. The smallest absolute Gasteiger partial charge is 0.232 e. The largest absolute Gasteiger partial charge is 0.396 e. The van der Waals surface area contributed by atoms with Crippen LogP contribution in [0.25, 0.3) is 0 Å². The maximum absolute atomic E-state index is 11.6. The third-order valence-electron chi connectivity index (χ3n) is 3.96. The van der Waals surface area contributed by atoms with Crippen LogP contribution in [0.15, 0.2) is 23.5 Å². The lowest BCUT2D eigenvalue weighted by Gasteiger charge is -2.17. The highest BCUT2D eigenvalue weighted by molar-refractivity contribution is 5.99. The SMILES string of the molecule is C=C1[C@H](CO)CC[C@@H]1n1cnc2c1N=C(N)NC(=O)C2. The zero-order valence-electron chi connectivity index (χ0n) is 11.0. The first-order valence-electron chi connectivity index (χ1n) is 6.59. The second-order valence-corrected chi connectivity index (χ2v) is 5.19. The standard InChI is InChI=1S/C13H17N5O2/c1-7-8(5-19)2-3-10(7)18-6-15-9-4-11(20)16-13(14)17-12(9)18/h6,8,10,19H,1-5H2,(H3,14,16,17,20)/t8-,10-/m0/s1. The van der Waals surface area contributed by atoms with Crippen LogP contribution in [0.4, 0.5) is 5.82 Å². The number of aliphatic hydroxyl groups excluding tert-OH is 1. The number of nitrogens with two attached hydrogens (primary N) is 1. The number of aliphatic hydroxyl groups is 1. The molecule has 1 fully saturated rings. The van der Waals surface area contributed by atoms with Crippen LogP contribution in [-0.2, 0) is 11.2 Å². The van der Waals surface area contributed by atoms with E-state index in [1.807, 2.05) is 4.57 Å². The van der Waals surface area contributed by atoms with E-state index in [4.69, 9.17) is 5.73 Å². The second-order valence-electron chi connectivity index (χ2n) is 5.19. The number of aliphatic imine (C=N–C) groups is 1. The quantitative estimate of drug-likeness (QED) is 0.661. The minimum atomic E-state index is -0.214. The van der Waals surface area contributed by atoms with E-state index in [0.717, 1.165) is 18.4 Å². The number of rotatable bonds is 2. The molecule has 0 bridgehead atoms. The molecule has 1 aliphatic heterocycles. The number of imidazole rings is 1. The number of amides is 1. The summed E-state index contributed by atoms with van der Waals surface area (Å²) in [5, 5.41) is 11.8. The Hall–Kier alpha value is -2.15. The Morgan fingerprint density at radius 3 is 3.05 bits per heavy atom. The lowest BCUT2D eigenvalue weighted by molar-refractivity contribution is -0.119. The molecule has 2 aliphatic rings. The maximum Gasteiger partial charge on any atom is 0.232 e. The minimum Gasteiger partial charge on any atom is -0.396 e. The van der Waals surface area contributed by atoms with Crippen LogP contribution in [0, 0.1) is 5.92 Å². The van der Waals surface area contributed by atoms with Crippen LogP contribution in [0.2, 0.25) is 0 Å². The molecule has 20 heavy (non-hydrogen) atoms. The van der Waals surface area contributed by atoms with Gasteiger partial charge in [0.25, 0.3) is 0 Å². The number of nitrogens with zero attached hydrogens (tertiary/aromatic N) is 3. The van der Waals surface area contributed by atoms with E-state index in [9.17, 15) is 9.90 Å². The molecule has 106 valence electrons. The molecule has 1 aromatic rings. The summed E-state index contributed by atoms with van der Waals surface area (Å²) in [6, 6.07) is 0.0492. The van der Waals surface area contributed by atoms with Crippen LogP contribution < -0.4 is 11.1 Å². The number of carbonyl (C=O) groups excluding carboxylic acids is 1. The van der Waals surface area contributed by atoms with Gasteiger partial charge in [-0.3, -0.25) is 10.1 Å². The van der Waals surface area contributed by atoms with E-state index < -0.39 is 0 Å². The van der Waals surface area contributed by atoms with E-state index >= 15 is 0 Å². The van der Waals surface area contributed by atoms with Gasteiger partial charge in [-0.15, -0.1) is 0 Å². The molecule has 1 amide bonds.